The monoisotopic (exact) mass is 398 g/mol. The molecule has 2 aromatic carbocycles. The lowest BCUT2D eigenvalue weighted by molar-refractivity contribution is 0.111. The molecule has 1 aliphatic carbocycles. The molecule has 0 saturated heterocycles. The molecular formula is C25H28F2O2. The van der Waals surface area contributed by atoms with Crippen LogP contribution in [0.3, 0.4) is 0 Å². The van der Waals surface area contributed by atoms with Crippen LogP contribution in [0.25, 0.3) is 0 Å². The van der Waals surface area contributed by atoms with E-state index in [1.807, 2.05) is 31.2 Å². The van der Waals surface area contributed by atoms with Crippen LogP contribution < -0.4 is 4.74 Å². The van der Waals surface area contributed by atoms with Crippen LogP contribution in [0, 0.1) is 24.5 Å². The van der Waals surface area contributed by atoms with Gasteiger partial charge in [-0.3, -0.25) is 4.79 Å². The van der Waals surface area contributed by atoms with E-state index in [0.29, 0.717) is 12.2 Å². The highest BCUT2D eigenvalue weighted by Gasteiger charge is 2.28. The van der Waals surface area contributed by atoms with Crippen LogP contribution in [-0.2, 0) is 0 Å². The Morgan fingerprint density at radius 3 is 2.34 bits per heavy atom. The van der Waals surface area contributed by atoms with Crippen molar-refractivity contribution in [2.75, 3.05) is 0 Å². The number of halogens is 2. The molecule has 29 heavy (non-hydrogen) atoms. The van der Waals surface area contributed by atoms with E-state index in [0.717, 1.165) is 43.2 Å². The molecule has 0 radical (unpaired) electrons. The minimum Gasteiger partial charge on any atom is -0.478 e. The van der Waals surface area contributed by atoms with Crippen LogP contribution in [0.5, 0.6) is 5.75 Å². The molecule has 1 unspecified atom stereocenters. The fourth-order valence-electron chi connectivity index (χ4n) is 4.17. The Bertz CT molecular complexity index is 865. The van der Waals surface area contributed by atoms with Crippen molar-refractivity contribution in [3.05, 3.63) is 76.9 Å². The molecule has 1 aliphatic rings. The summed E-state index contributed by atoms with van der Waals surface area (Å²) in [6.45, 7) is 7.86. The summed E-state index contributed by atoms with van der Waals surface area (Å²) in [4.78, 5) is 11.7. The second-order valence-corrected chi connectivity index (χ2v) is 7.94. The van der Waals surface area contributed by atoms with Crippen molar-refractivity contribution in [3.8, 4) is 5.75 Å². The molecule has 0 aliphatic heterocycles. The van der Waals surface area contributed by atoms with Gasteiger partial charge in [0.05, 0.1) is 5.56 Å². The molecular weight excluding hydrogens is 370 g/mol. The number of carbonyl (C=O) groups excluding carboxylic acids is 1. The smallest absolute Gasteiger partial charge is 0.201 e. The van der Waals surface area contributed by atoms with E-state index < -0.39 is 17.7 Å². The molecule has 0 aromatic heterocycles. The number of ether oxygens (including phenoxy) is 1. The van der Waals surface area contributed by atoms with Crippen LogP contribution in [0.1, 0.15) is 78.1 Å². The quantitative estimate of drug-likeness (QED) is 0.368. The number of rotatable bonds is 7. The highest BCUT2D eigenvalue weighted by molar-refractivity contribution is 5.80. The van der Waals surface area contributed by atoms with Crippen LogP contribution in [0.15, 0.2) is 43.0 Å². The summed E-state index contributed by atoms with van der Waals surface area (Å²) in [7, 11) is 0. The predicted molar refractivity (Wildman–Crippen MR) is 111 cm³/mol. The molecule has 0 spiro atoms. The van der Waals surface area contributed by atoms with Gasteiger partial charge in [0.1, 0.15) is 6.10 Å². The number of hydrogen-bond donors (Lipinski definition) is 0. The molecule has 0 bridgehead atoms. The van der Waals surface area contributed by atoms with Crippen LogP contribution in [-0.4, -0.2) is 6.29 Å². The number of hydrogen-bond acceptors (Lipinski definition) is 2. The first-order valence-electron chi connectivity index (χ1n) is 10.3. The van der Waals surface area contributed by atoms with E-state index in [1.165, 1.54) is 12.1 Å². The molecule has 3 rings (SSSR count). The molecule has 2 aromatic rings. The van der Waals surface area contributed by atoms with Gasteiger partial charge in [0.25, 0.3) is 0 Å². The number of carbonyl (C=O) groups is 1. The molecule has 1 fully saturated rings. The van der Waals surface area contributed by atoms with E-state index in [4.69, 9.17) is 4.74 Å². The zero-order chi connectivity index (χ0) is 21.0. The Hall–Kier alpha value is -2.49. The average Bonchev–Trinajstić information content (AvgIpc) is 2.75. The highest BCUT2D eigenvalue weighted by Crippen LogP contribution is 2.41. The van der Waals surface area contributed by atoms with Crippen molar-refractivity contribution >= 4 is 6.29 Å². The van der Waals surface area contributed by atoms with E-state index >= 15 is 0 Å². The maximum atomic E-state index is 15.0. The van der Waals surface area contributed by atoms with Crippen molar-refractivity contribution in [1.82, 2.24) is 0 Å². The summed E-state index contributed by atoms with van der Waals surface area (Å²) in [6, 6.07) is 8.96. The summed E-state index contributed by atoms with van der Waals surface area (Å²) < 4.78 is 35.7. The van der Waals surface area contributed by atoms with E-state index in [-0.39, 0.29) is 22.8 Å². The second kappa shape index (κ2) is 9.34. The fourth-order valence-corrected chi connectivity index (χ4v) is 4.17. The zero-order valence-electron chi connectivity index (χ0n) is 17.1. The van der Waals surface area contributed by atoms with Gasteiger partial charge < -0.3 is 4.74 Å². The van der Waals surface area contributed by atoms with Crippen molar-refractivity contribution in [2.24, 2.45) is 5.92 Å². The Morgan fingerprint density at radius 2 is 1.79 bits per heavy atom. The summed E-state index contributed by atoms with van der Waals surface area (Å²) >= 11 is 0. The van der Waals surface area contributed by atoms with Crippen LogP contribution >= 0.6 is 0 Å². The van der Waals surface area contributed by atoms with Gasteiger partial charge in [-0.05, 0) is 67.7 Å². The van der Waals surface area contributed by atoms with Crippen molar-refractivity contribution in [3.63, 3.8) is 0 Å². The maximum absolute atomic E-state index is 15.0. The Morgan fingerprint density at radius 1 is 1.14 bits per heavy atom. The average molecular weight is 398 g/mol. The van der Waals surface area contributed by atoms with Gasteiger partial charge in [-0.1, -0.05) is 49.8 Å². The van der Waals surface area contributed by atoms with Crippen molar-refractivity contribution < 1.29 is 18.3 Å². The van der Waals surface area contributed by atoms with E-state index in [9.17, 15) is 13.6 Å². The molecule has 4 heteroatoms. The lowest BCUT2D eigenvalue weighted by Crippen LogP contribution is -2.16. The Kier molecular flexibility index (Phi) is 6.83. The summed E-state index contributed by atoms with van der Waals surface area (Å²) in [6.07, 6.45) is 6.10. The Labute approximate surface area is 171 Å². The predicted octanol–water partition coefficient (Wildman–Crippen LogP) is 7.08. The standard InChI is InChI=1S/C25H28F2O2/c1-4-17-8-12-18(13-9-17)21-14-20(15-28)25(24(27)23(21)26)29-22(5-2)19-10-6-16(3)7-11-19/h5-7,10-11,14-15,17-18,22H,2,4,8-9,12-13H2,1,3H3. The maximum Gasteiger partial charge on any atom is 0.201 e. The van der Waals surface area contributed by atoms with E-state index in [1.54, 1.807) is 0 Å². The number of aldehydes is 1. The first kappa shape index (κ1) is 21.2. The fraction of sp³-hybridized carbons (Fsp3) is 0.400. The van der Waals surface area contributed by atoms with Gasteiger partial charge in [-0.25, -0.2) is 4.39 Å². The molecule has 2 nitrogen and oxygen atoms in total. The van der Waals surface area contributed by atoms with Crippen LogP contribution in [0.4, 0.5) is 8.78 Å². The van der Waals surface area contributed by atoms with Crippen molar-refractivity contribution in [1.29, 1.82) is 0 Å². The van der Waals surface area contributed by atoms with Gasteiger partial charge in [-0.2, -0.15) is 4.39 Å². The van der Waals surface area contributed by atoms with E-state index in [2.05, 4.69) is 13.5 Å². The summed E-state index contributed by atoms with van der Waals surface area (Å²) in [5.74, 6) is -1.77. The minimum atomic E-state index is -1.10. The van der Waals surface area contributed by atoms with Gasteiger partial charge in [0.15, 0.2) is 17.9 Å². The first-order valence-corrected chi connectivity index (χ1v) is 10.3. The number of aryl methyl sites for hydroxylation is 1. The lowest BCUT2D eigenvalue weighted by Gasteiger charge is -2.29. The third-order valence-corrected chi connectivity index (χ3v) is 6.07. The molecule has 0 N–H and O–H groups in total. The lowest BCUT2D eigenvalue weighted by atomic mass is 9.77. The zero-order valence-corrected chi connectivity index (χ0v) is 17.1. The first-order chi connectivity index (χ1) is 14.0. The third kappa shape index (κ3) is 4.58. The number of benzene rings is 2. The van der Waals surface area contributed by atoms with Crippen LogP contribution in [0.2, 0.25) is 0 Å². The SMILES string of the molecule is C=CC(Oc1c(C=O)cc(C2CCC(CC)CC2)c(F)c1F)c1ccc(C)cc1. The molecule has 0 amide bonds. The normalized spacial score (nSPS) is 20.1. The Balaban J connectivity index is 1.91. The largest absolute Gasteiger partial charge is 0.478 e. The topological polar surface area (TPSA) is 26.3 Å². The van der Waals surface area contributed by atoms with Crippen molar-refractivity contribution in [2.45, 2.75) is 58.0 Å². The molecule has 0 heterocycles. The van der Waals surface area contributed by atoms with Gasteiger partial charge >= 0.3 is 0 Å². The summed E-state index contributed by atoms with van der Waals surface area (Å²) in [5.41, 5.74) is 2.15. The molecule has 1 saturated carbocycles. The summed E-state index contributed by atoms with van der Waals surface area (Å²) in [5, 5.41) is 0. The van der Waals surface area contributed by atoms with Gasteiger partial charge in [0, 0.05) is 0 Å². The van der Waals surface area contributed by atoms with Gasteiger partial charge in [-0.15, -0.1) is 0 Å². The molecule has 1 atom stereocenters. The van der Waals surface area contributed by atoms with Gasteiger partial charge in [0.2, 0.25) is 5.82 Å². The highest BCUT2D eigenvalue weighted by atomic mass is 19.2. The second-order valence-electron chi connectivity index (χ2n) is 7.94. The molecule has 154 valence electrons. The minimum absolute atomic E-state index is 0.0375. The third-order valence-electron chi connectivity index (χ3n) is 6.07.